The first-order valence-corrected chi connectivity index (χ1v) is 3.76. The number of rotatable bonds is 2. The zero-order chi connectivity index (χ0) is 9.84. The van der Waals surface area contributed by atoms with E-state index in [2.05, 4.69) is 11.6 Å². The highest BCUT2D eigenvalue weighted by Crippen LogP contribution is 2.07. The maximum Gasteiger partial charge on any atom is 0.134 e. The molecule has 1 N–H and O–H groups in total. The summed E-state index contributed by atoms with van der Waals surface area (Å²) in [5, 5.41) is 9.12. The number of nitrogens with zero attached hydrogens (tertiary/aromatic N) is 1. The first-order chi connectivity index (χ1) is 6.15. The molecule has 1 rings (SSSR count). The van der Waals surface area contributed by atoms with Crippen LogP contribution in [0, 0.1) is 5.82 Å². The highest BCUT2D eigenvalue weighted by atomic mass is 19.1. The van der Waals surface area contributed by atoms with Gasteiger partial charge in [-0.1, -0.05) is 6.58 Å². The van der Waals surface area contributed by atoms with Gasteiger partial charge in [-0.2, -0.15) is 0 Å². The van der Waals surface area contributed by atoms with E-state index in [9.17, 15) is 4.39 Å². The Hall–Kier alpha value is -1.64. The first kappa shape index (κ1) is 9.45. The molecule has 0 aromatic heterocycles. The normalized spacial score (nSPS) is 11.4. The third-order valence-electron chi connectivity index (χ3n) is 1.61. The lowest BCUT2D eigenvalue weighted by atomic mass is 10.1. The molecule has 1 aromatic carbocycles. The maximum atomic E-state index is 12.5. The van der Waals surface area contributed by atoms with Crippen LogP contribution >= 0.6 is 0 Å². The van der Waals surface area contributed by atoms with E-state index >= 15 is 0 Å². The molecule has 0 spiro atoms. The monoisotopic (exact) mass is 179 g/mol. The molecule has 0 aliphatic rings. The minimum absolute atomic E-state index is 0.117. The summed E-state index contributed by atoms with van der Waals surface area (Å²) in [6.07, 6.45) is 0. The average molecular weight is 179 g/mol. The molecule has 3 heteroatoms. The van der Waals surface area contributed by atoms with Crippen molar-refractivity contribution in [3.8, 4) is 0 Å². The molecular formula is C10H10FNO. The van der Waals surface area contributed by atoms with E-state index in [0.29, 0.717) is 11.3 Å². The number of aliphatic imine (C=N–C) groups is 1. The third kappa shape index (κ3) is 2.15. The average Bonchev–Trinajstić information content (AvgIpc) is 2.09. The lowest BCUT2D eigenvalue weighted by Crippen LogP contribution is -2.03. The minimum atomic E-state index is -0.317. The van der Waals surface area contributed by atoms with Gasteiger partial charge in [0, 0.05) is 12.6 Å². The molecule has 1 aromatic rings. The predicted molar refractivity (Wildman–Crippen MR) is 50.6 cm³/mol. The second-order valence-corrected chi connectivity index (χ2v) is 2.53. The number of hydrogen-bond donors (Lipinski definition) is 1. The van der Waals surface area contributed by atoms with Crippen LogP contribution in [0.25, 0.3) is 0 Å². The zero-order valence-corrected chi connectivity index (χ0v) is 7.29. The standard InChI is InChI=1S/C10H10FNO/c1-7(13)10(12-2)8-3-5-9(11)6-4-8/h3-6,13H,1H2,2H3. The minimum Gasteiger partial charge on any atom is -0.506 e. The Labute approximate surface area is 76.1 Å². The van der Waals surface area contributed by atoms with Crippen molar-refractivity contribution in [1.82, 2.24) is 0 Å². The summed E-state index contributed by atoms with van der Waals surface area (Å²) in [6, 6.07) is 5.70. The van der Waals surface area contributed by atoms with Gasteiger partial charge >= 0.3 is 0 Å². The Morgan fingerprint density at radius 1 is 1.38 bits per heavy atom. The van der Waals surface area contributed by atoms with E-state index in [-0.39, 0.29) is 11.6 Å². The molecule has 0 unspecified atom stereocenters. The fraction of sp³-hybridized carbons (Fsp3) is 0.100. The number of aliphatic hydroxyl groups is 1. The second-order valence-electron chi connectivity index (χ2n) is 2.53. The number of halogens is 1. The smallest absolute Gasteiger partial charge is 0.134 e. The quantitative estimate of drug-likeness (QED) is 0.548. The summed E-state index contributed by atoms with van der Waals surface area (Å²) in [4.78, 5) is 3.83. The van der Waals surface area contributed by atoms with Crippen LogP contribution in [0.3, 0.4) is 0 Å². The molecule has 0 fully saturated rings. The highest BCUT2D eigenvalue weighted by molar-refractivity contribution is 6.10. The van der Waals surface area contributed by atoms with E-state index in [0.717, 1.165) is 0 Å². The number of allylic oxidation sites excluding steroid dienone is 1. The fourth-order valence-corrected chi connectivity index (χ4v) is 1.03. The molecule has 0 amide bonds. The second kappa shape index (κ2) is 3.85. The van der Waals surface area contributed by atoms with Gasteiger partial charge in [0.25, 0.3) is 0 Å². The number of hydrogen-bond acceptors (Lipinski definition) is 2. The van der Waals surface area contributed by atoms with Crippen molar-refractivity contribution in [2.75, 3.05) is 7.05 Å². The Kier molecular flexibility index (Phi) is 2.80. The van der Waals surface area contributed by atoms with E-state index in [1.165, 1.54) is 12.1 Å². The van der Waals surface area contributed by atoms with Crippen LogP contribution in [-0.2, 0) is 0 Å². The Balaban J connectivity index is 3.07. The van der Waals surface area contributed by atoms with Crippen LogP contribution in [-0.4, -0.2) is 17.9 Å². The van der Waals surface area contributed by atoms with Gasteiger partial charge in [0.2, 0.25) is 0 Å². The molecule has 68 valence electrons. The summed E-state index contributed by atoms with van der Waals surface area (Å²) in [5.74, 6) is -0.433. The number of aliphatic hydroxyl groups excluding tert-OH is 1. The lowest BCUT2D eigenvalue weighted by molar-refractivity contribution is 0.446. The summed E-state index contributed by atoms with van der Waals surface area (Å²) in [7, 11) is 1.54. The van der Waals surface area contributed by atoms with Gasteiger partial charge in [0.1, 0.15) is 17.3 Å². The molecule has 0 radical (unpaired) electrons. The largest absolute Gasteiger partial charge is 0.506 e. The van der Waals surface area contributed by atoms with Gasteiger partial charge in [-0.25, -0.2) is 4.39 Å². The van der Waals surface area contributed by atoms with Gasteiger partial charge in [-0.05, 0) is 24.3 Å². The topological polar surface area (TPSA) is 32.6 Å². The van der Waals surface area contributed by atoms with Crippen LogP contribution in [0.1, 0.15) is 5.56 Å². The lowest BCUT2D eigenvalue weighted by Gasteiger charge is -2.02. The molecule has 0 aliphatic heterocycles. The Morgan fingerprint density at radius 3 is 2.31 bits per heavy atom. The van der Waals surface area contributed by atoms with E-state index < -0.39 is 0 Å². The SMILES string of the molecule is C=C(O)C(=NC)c1ccc(F)cc1. The molecular weight excluding hydrogens is 169 g/mol. The molecule has 0 atom stereocenters. The summed E-state index contributed by atoms with van der Waals surface area (Å²) >= 11 is 0. The van der Waals surface area contributed by atoms with Crippen LogP contribution < -0.4 is 0 Å². The van der Waals surface area contributed by atoms with Crippen LogP contribution in [0.5, 0.6) is 0 Å². The van der Waals surface area contributed by atoms with E-state index in [1.807, 2.05) is 0 Å². The van der Waals surface area contributed by atoms with Gasteiger partial charge in [-0.3, -0.25) is 4.99 Å². The maximum absolute atomic E-state index is 12.5. The summed E-state index contributed by atoms with van der Waals surface area (Å²) < 4.78 is 12.5. The van der Waals surface area contributed by atoms with Crippen LogP contribution in [0.2, 0.25) is 0 Å². The summed E-state index contributed by atoms with van der Waals surface area (Å²) in [6.45, 7) is 3.36. The van der Waals surface area contributed by atoms with E-state index in [4.69, 9.17) is 5.11 Å². The Morgan fingerprint density at radius 2 is 1.92 bits per heavy atom. The molecule has 0 heterocycles. The molecule has 0 saturated carbocycles. The van der Waals surface area contributed by atoms with Crippen molar-refractivity contribution in [3.05, 3.63) is 48.0 Å². The van der Waals surface area contributed by atoms with Crippen molar-refractivity contribution < 1.29 is 9.50 Å². The molecule has 2 nitrogen and oxygen atoms in total. The van der Waals surface area contributed by atoms with Crippen molar-refractivity contribution in [2.45, 2.75) is 0 Å². The van der Waals surface area contributed by atoms with Crippen molar-refractivity contribution in [1.29, 1.82) is 0 Å². The fourth-order valence-electron chi connectivity index (χ4n) is 1.03. The van der Waals surface area contributed by atoms with Gasteiger partial charge in [0.05, 0.1) is 0 Å². The highest BCUT2D eigenvalue weighted by Gasteiger charge is 2.04. The third-order valence-corrected chi connectivity index (χ3v) is 1.61. The van der Waals surface area contributed by atoms with Crippen molar-refractivity contribution in [2.24, 2.45) is 4.99 Å². The molecule has 13 heavy (non-hydrogen) atoms. The molecule has 0 bridgehead atoms. The number of benzene rings is 1. The van der Waals surface area contributed by atoms with Gasteiger partial charge in [-0.15, -0.1) is 0 Å². The Bertz CT molecular complexity index is 340. The van der Waals surface area contributed by atoms with Crippen LogP contribution in [0.4, 0.5) is 4.39 Å². The van der Waals surface area contributed by atoms with Gasteiger partial charge in [0.15, 0.2) is 0 Å². The summed E-state index contributed by atoms with van der Waals surface area (Å²) in [5.41, 5.74) is 1.02. The van der Waals surface area contributed by atoms with Crippen molar-refractivity contribution in [3.63, 3.8) is 0 Å². The zero-order valence-electron chi connectivity index (χ0n) is 7.29. The molecule has 0 saturated heterocycles. The first-order valence-electron chi connectivity index (χ1n) is 3.76. The predicted octanol–water partition coefficient (Wildman–Crippen LogP) is 2.32. The van der Waals surface area contributed by atoms with E-state index in [1.54, 1.807) is 19.2 Å². The van der Waals surface area contributed by atoms with Gasteiger partial charge < -0.3 is 5.11 Å². The van der Waals surface area contributed by atoms with Crippen LogP contribution in [0.15, 0.2) is 41.6 Å². The van der Waals surface area contributed by atoms with Crippen molar-refractivity contribution >= 4 is 5.71 Å². The molecule has 0 aliphatic carbocycles.